The lowest BCUT2D eigenvalue weighted by Crippen LogP contribution is -2.38. The second kappa shape index (κ2) is 12.3. The number of guanidine groups is 1. The van der Waals surface area contributed by atoms with E-state index in [1.165, 1.54) is 0 Å². The normalized spacial score (nSPS) is 12.4. The van der Waals surface area contributed by atoms with Crippen molar-refractivity contribution in [2.24, 2.45) is 4.99 Å². The van der Waals surface area contributed by atoms with Crippen LogP contribution in [0.3, 0.4) is 0 Å². The molecule has 26 heavy (non-hydrogen) atoms. The zero-order valence-electron chi connectivity index (χ0n) is 15.0. The fourth-order valence-electron chi connectivity index (χ4n) is 2.32. The Morgan fingerprint density at radius 2 is 1.92 bits per heavy atom. The van der Waals surface area contributed by atoms with Crippen molar-refractivity contribution in [2.45, 2.75) is 39.3 Å². The molecular formula is C17H25Cl2IN6. The van der Waals surface area contributed by atoms with Gasteiger partial charge in [0.1, 0.15) is 12.7 Å². The smallest absolute Gasteiger partial charge is 0.191 e. The Kier molecular flexibility index (Phi) is 10.9. The van der Waals surface area contributed by atoms with Gasteiger partial charge >= 0.3 is 0 Å². The number of nitrogens with one attached hydrogen (secondary N) is 2. The SMILES string of the molecule is CCNC(=NCCCCn1cnnc1)NC(C)c1ccc(Cl)c(Cl)c1.I. The first kappa shape index (κ1) is 23.0. The third-order valence-corrected chi connectivity index (χ3v) is 4.44. The van der Waals surface area contributed by atoms with Crippen molar-refractivity contribution in [2.75, 3.05) is 13.1 Å². The zero-order valence-corrected chi connectivity index (χ0v) is 18.8. The number of nitrogens with zero attached hydrogens (tertiary/aromatic N) is 4. The van der Waals surface area contributed by atoms with E-state index in [0.29, 0.717) is 10.0 Å². The molecule has 1 aromatic carbocycles. The Labute approximate surface area is 181 Å². The van der Waals surface area contributed by atoms with Gasteiger partial charge in [-0.05, 0) is 44.4 Å². The van der Waals surface area contributed by atoms with Crippen molar-refractivity contribution in [3.8, 4) is 0 Å². The number of benzene rings is 1. The van der Waals surface area contributed by atoms with Crippen LogP contribution in [-0.4, -0.2) is 33.8 Å². The number of aromatic nitrogens is 3. The van der Waals surface area contributed by atoms with Crippen LogP contribution in [0.25, 0.3) is 0 Å². The number of aliphatic imine (C=N–C) groups is 1. The number of hydrogen-bond acceptors (Lipinski definition) is 3. The molecule has 144 valence electrons. The summed E-state index contributed by atoms with van der Waals surface area (Å²) in [7, 11) is 0. The molecule has 2 N–H and O–H groups in total. The lowest BCUT2D eigenvalue weighted by atomic mass is 10.1. The highest BCUT2D eigenvalue weighted by Gasteiger charge is 2.09. The molecule has 0 bridgehead atoms. The van der Waals surface area contributed by atoms with Crippen LogP contribution in [0.1, 0.15) is 38.3 Å². The summed E-state index contributed by atoms with van der Waals surface area (Å²) >= 11 is 12.1. The van der Waals surface area contributed by atoms with E-state index in [4.69, 9.17) is 23.2 Å². The Bertz CT molecular complexity index is 678. The minimum atomic E-state index is 0. The van der Waals surface area contributed by atoms with Crippen LogP contribution in [0, 0.1) is 0 Å². The number of rotatable bonds is 8. The summed E-state index contributed by atoms with van der Waals surface area (Å²) in [6.45, 7) is 6.59. The summed E-state index contributed by atoms with van der Waals surface area (Å²) in [6.07, 6.45) is 5.49. The maximum Gasteiger partial charge on any atom is 0.191 e. The minimum absolute atomic E-state index is 0. The van der Waals surface area contributed by atoms with E-state index in [1.807, 2.05) is 29.7 Å². The molecule has 1 atom stereocenters. The Balaban J connectivity index is 0.00000338. The molecule has 2 rings (SSSR count). The van der Waals surface area contributed by atoms with Crippen LogP contribution in [-0.2, 0) is 6.54 Å². The van der Waals surface area contributed by atoms with Crippen molar-refractivity contribution in [3.05, 3.63) is 46.5 Å². The Morgan fingerprint density at radius 1 is 1.19 bits per heavy atom. The highest BCUT2D eigenvalue weighted by Crippen LogP contribution is 2.25. The van der Waals surface area contributed by atoms with Gasteiger partial charge in [0.15, 0.2) is 5.96 Å². The number of unbranched alkanes of at least 4 members (excludes halogenated alkanes) is 1. The van der Waals surface area contributed by atoms with Gasteiger partial charge in [0.2, 0.25) is 0 Å². The maximum absolute atomic E-state index is 6.10. The highest BCUT2D eigenvalue weighted by atomic mass is 127. The van der Waals surface area contributed by atoms with Gasteiger partial charge in [0.25, 0.3) is 0 Å². The predicted molar refractivity (Wildman–Crippen MR) is 119 cm³/mol. The molecule has 0 fully saturated rings. The molecule has 0 aliphatic rings. The van der Waals surface area contributed by atoms with E-state index in [1.54, 1.807) is 12.7 Å². The molecule has 0 radical (unpaired) electrons. The Morgan fingerprint density at radius 3 is 2.58 bits per heavy atom. The van der Waals surface area contributed by atoms with E-state index < -0.39 is 0 Å². The molecule has 0 saturated carbocycles. The maximum atomic E-state index is 6.10. The second-order valence-corrected chi connectivity index (χ2v) is 6.52. The van der Waals surface area contributed by atoms with Gasteiger partial charge in [0, 0.05) is 19.6 Å². The van der Waals surface area contributed by atoms with E-state index in [9.17, 15) is 0 Å². The molecular weight excluding hydrogens is 486 g/mol. The summed E-state index contributed by atoms with van der Waals surface area (Å²) in [5.41, 5.74) is 1.06. The summed E-state index contributed by atoms with van der Waals surface area (Å²) in [5.74, 6) is 0.797. The molecule has 0 spiro atoms. The fraction of sp³-hybridized carbons (Fsp3) is 0.471. The molecule has 0 aliphatic carbocycles. The zero-order chi connectivity index (χ0) is 18.1. The summed E-state index contributed by atoms with van der Waals surface area (Å²) in [5, 5.41) is 15.4. The molecule has 0 saturated heterocycles. The van der Waals surface area contributed by atoms with E-state index in [2.05, 4.69) is 32.7 Å². The molecule has 0 amide bonds. The standard InChI is InChI=1S/C17H24Cl2N6.HI/c1-3-20-17(21-8-4-5-9-25-11-22-23-12-25)24-13(2)14-6-7-15(18)16(19)10-14;/h6-7,10-13H,3-5,8-9H2,1-2H3,(H2,20,21,24);1H. The molecule has 1 unspecified atom stereocenters. The molecule has 1 aromatic heterocycles. The molecule has 2 aromatic rings. The van der Waals surface area contributed by atoms with Gasteiger partial charge in [-0.15, -0.1) is 34.2 Å². The number of aryl methyl sites for hydroxylation is 1. The summed E-state index contributed by atoms with van der Waals surface area (Å²) in [6, 6.07) is 5.73. The van der Waals surface area contributed by atoms with E-state index in [0.717, 1.165) is 44.0 Å². The monoisotopic (exact) mass is 510 g/mol. The van der Waals surface area contributed by atoms with Gasteiger partial charge < -0.3 is 15.2 Å². The van der Waals surface area contributed by atoms with Crippen molar-refractivity contribution >= 4 is 53.1 Å². The first-order valence-electron chi connectivity index (χ1n) is 8.42. The third kappa shape index (κ3) is 7.67. The lowest BCUT2D eigenvalue weighted by molar-refractivity contribution is 0.609. The number of halogens is 3. The summed E-state index contributed by atoms with van der Waals surface area (Å²) in [4.78, 5) is 4.63. The van der Waals surface area contributed by atoms with Crippen LogP contribution >= 0.6 is 47.2 Å². The first-order valence-corrected chi connectivity index (χ1v) is 9.18. The summed E-state index contributed by atoms with van der Waals surface area (Å²) < 4.78 is 1.97. The average Bonchev–Trinajstić information content (AvgIpc) is 3.10. The van der Waals surface area contributed by atoms with Gasteiger partial charge in [-0.2, -0.15) is 0 Å². The molecule has 0 aliphatic heterocycles. The van der Waals surface area contributed by atoms with E-state index in [-0.39, 0.29) is 30.0 Å². The topological polar surface area (TPSA) is 67.1 Å². The van der Waals surface area contributed by atoms with Crippen LogP contribution < -0.4 is 10.6 Å². The first-order chi connectivity index (χ1) is 12.1. The predicted octanol–water partition coefficient (Wildman–Crippen LogP) is 4.30. The van der Waals surface area contributed by atoms with Gasteiger partial charge in [-0.3, -0.25) is 4.99 Å². The highest BCUT2D eigenvalue weighted by molar-refractivity contribution is 14.0. The van der Waals surface area contributed by atoms with Gasteiger partial charge in [-0.1, -0.05) is 29.3 Å². The largest absolute Gasteiger partial charge is 0.357 e. The number of hydrogen-bond donors (Lipinski definition) is 2. The van der Waals surface area contributed by atoms with Crippen molar-refractivity contribution in [1.29, 1.82) is 0 Å². The van der Waals surface area contributed by atoms with Crippen molar-refractivity contribution in [3.63, 3.8) is 0 Å². The molecule has 6 nitrogen and oxygen atoms in total. The average molecular weight is 511 g/mol. The lowest BCUT2D eigenvalue weighted by Gasteiger charge is -2.18. The van der Waals surface area contributed by atoms with Crippen molar-refractivity contribution < 1.29 is 0 Å². The van der Waals surface area contributed by atoms with Crippen LogP contribution in [0.4, 0.5) is 0 Å². The minimum Gasteiger partial charge on any atom is -0.357 e. The fourth-order valence-corrected chi connectivity index (χ4v) is 2.63. The molecule has 1 heterocycles. The van der Waals surface area contributed by atoms with E-state index >= 15 is 0 Å². The van der Waals surface area contributed by atoms with Crippen molar-refractivity contribution in [1.82, 2.24) is 25.4 Å². The van der Waals surface area contributed by atoms with Crippen LogP contribution in [0.5, 0.6) is 0 Å². The quantitative estimate of drug-likeness (QED) is 0.240. The third-order valence-electron chi connectivity index (χ3n) is 3.70. The van der Waals surface area contributed by atoms with Crippen LogP contribution in [0.2, 0.25) is 10.0 Å². The van der Waals surface area contributed by atoms with Gasteiger partial charge in [0.05, 0.1) is 16.1 Å². The molecule has 9 heteroatoms. The Hall–Kier alpha value is -1.06. The van der Waals surface area contributed by atoms with Crippen LogP contribution in [0.15, 0.2) is 35.8 Å². The second-order valence-electron chi connectivity index (χ2n) is 5.71. The van der Waals surface area contributed by atoms with Gasteiger partial charge in [-0.25, -0.2) is 0 Å².